The van der Waals surface area contributed by atoms with Gasteiger partial charge in [-0.1, -0.05) is 19.8 Å². The van der Waals surface area contributed by atoms with E-state index in [2.05, 4.69) is 60.3 Å². The van der Waals surface area contributed by atoms with E-state index in [4.69, 9.17) is 0 Å². The van der Waals surface area contributed by atoms with Gasteiger partial charge in [0.05, 0.1) is 0 Å². The summed E-state index contributed by atoms with van der Waals surface area (Å²) in [7, 11) is 6.36. The zero-order valence-electron chi connectivity index (χ0n) is 17.4. The summed E-state index contributed by atoms with van der Waals surface area (Å²) < 4.78 is 0. The van der Waals surface area contributed by atoms with Crippen molar-refractivity contribution in [2.45, 2.75) is 76.9 Å². The molecule has 146 valence electrons. The Bertz CT molecular complexity index is 426. The minimum atomic E-state index is 0.260. The predicted molar refractivity (Wildman–Crippen MR) is 108 cm³/mol. The molecule has 1 aliphatic carbocycles. The molecule has 25 heavy (non-hydrogen) atoms. The molecule has 0 aromatic rings. The number of guanidine groups is 1. The predicted octanol–water partition coefficient (Wildman–Crippen LogP) is 2.53. The molecule has 1 heterocycles. The summed E-state index contributed by atoms with van der Waals surface area (Å²) in [5.74, 6) is 1.79. The molecule has 2 fully saturated rings. The molecule has 0 aromatic carbocycles. The average Bonchev–Trinajstić information content (AvgIpc) is 2.58. The number of hydrogen-bond acceptors (Lipinski definition) is 3. The first-order valence-electron chi connectivity index (χ1n) is 10.2. The lowest BCUT2D eigenvalue weighted by atomic mass is 9.75. The van der Waals surface area contributed by atoms with Gasteiger partial charge in [0.1, 0.15) is 0 Å². The van der Waals surface area contributed by atoms with Crippen LogP contribution in [0, 0.1) is 5.92 Å². The van der Waals surface area contributed by atoms with Gasteiger partial charge in [-0.2, -0.15) is 0 Å². The van der Waals surface area contributed by atoms with Crippen molar-refractivity contribution >= 4 is 5.96 Å². The number of nitrogens with zero attached hydrogens (tertiary/aromatic N) is 3. The third kappa shape index (κ3) is 5.58. The van der Waals surface area contributed by atoms with Crippen LogP contribution < -0.4 is 10.6 Å². The molecular weight excluding hydrogens is 310 g/mol. The number of nitrogens with one attached hydrogen (secondary N) is 2. The van der Waals surface area contributed by atoms with E-state index in [-0.39, 0.29) is 5.54 Å². The van der Waals surface area contributed by atoms with Crippen LogP contribution >= 0.6 is 0 Å². The first-order chi connectivity index (χ1) is 11.9. The molecule has 1 saturated heterocycles. The highest BCUT2D eigenvalue weighted by atomic mass is 15.2. The summed E-state index contributed by atoms with van der Waals surface area (Å²) in [6, 6.07) is 1.20. The molecule has 2 unspecified atom stereocenters. The lowest BCUT2D eigenvalue weighted by Crippen LogP contribution is -2.57. The molecule has 0 radical (unpaired) electrons. The summed E-state index contributed by atoms with van der Waals surface area (Å²) in [5.41, 5.74) is 0.260. The van der Waals surface area contributed by atoms with Gasteiger partial charge in [-0.05, 0) is 59.5 Å². The van der Waals surface area contributed by atoms with Gasteiger partial charge in [0, 0.05) is 44.3 Å². The second-order valence-corrected chi connectivity index (χ2v) is 8.79. The number of rotatable bonds is 5. The van der Waals surface area contributed by atoms with Crippen LogP contribution in [0.3, 0.4) is 0 Å². The van der Waals surface area contributed by atoms with E-state index in [9.17, 15) is 0 Å². The normalized spacial score (nSPS) is 30.1. The number of likely N-dealkylation sites (tertiary alicyclic amines) is 1. The fraction of sp³-hybridized carbons (Fsp3) is 0.950. The zero-order valence-corrected chi connectivity index (χ0v) is 17.4. The molecule has 1 aliphatic heterocycles. The Balaban J connectivity index is 1.85. The molecule has 2 aliphatic rings. The summed E-state index contributed by atoms with van der Waals surface area (Å²) in [6.45, 7) is 10.3. The second-order valence-electron chi connectivity index (χ2n) is 8.79. The van der Waals surface area contributed by atoms with E-state index < -0.39 is 0 Å². The maximum atomic E-state index is 4.49. The van der Waals surface area contributed by atoms with Crippen molar-refractivity contribution in [2.75, 3.05) is 40.8 Å². The molecule has 2 rings (SSSR count). The van der Waals surface area contributed by atoms with Gasteiger partial charge >= 0.3 is 0 Å². The summed E-state index contributed by atoms with van der Waals surface area (Å²) in [5, 5.41) is 7.31. The van der Waals surface area contributed by atoms with Crippen LogP contribution in [-0.4, -0.2) is 74.2 Å². The fourth-order valence-electron chi connectivity index (χ4n) is 4.55. The minimum absolute atomic E-state index is 0.260. The van der Waals surface area contributed by atoms with E-state index in [1.165, 1.54) is 51.6 Å². The smallest absolute Gasteiger partial charge is 0.191 e. The third-order valence-electron chi connectivity index (χ3n) is 6.43. The Morgan fingerprint density at radius 2 is 1.92 bits per heavy atom. The Morgan fingerprint density at radius 3 is 2.44 bits per heavy atom. The Labute approximate surface area is 155 Å². The van der Waals surface area contributed by atoms with E-state index in [0.29, 0.717) is 12.1 Å². The van der Waals surface area contributed by atoms with Crippen LogP contribution in [0.15, 0.2) is 4.99 Å². The van der Waals surface area contributed by atoms with E-state index in [1.807, 2.05) is 7.05 Å². The zero-order chi connectivity index (χ0) is 18.4. The maximum absolute atomic E-state index is 4.49. The van der Waals surface area contributed by atoms with E-state index in [1.54, 1.807) is 0 Å². The Kier molecular flexibility index (Phi) is 7.56. The highest BCUT2D eigenvalue weighted by molar-refractivity contribution is 5.80. The number of aliphatic imine (C=N–C) groups is 1. The van der Waals surface area contributed by atoms with Crippen LogP contribution in [0.5, 0.6) is 0 Å². The van der Waals surface area contributed by atoms with Crippen LogP contribution in [0.25, 0.3) is 0 Å². The standard InChI is InChI=1S/C20H41N5/c1-16(2)25-12-9-18(10-13-25)23-19(21-4)22-15-20(24(5)6)11-7-8-17(3)14-20/h16-18H,7-15H2,1-6H3,(H2,21,22,23). The lowest BCUT2D eigenvalue weighted by Gasteiger charge is -2.45. The maximum Gasteiger partial charge on any atom is 0.191 e. The quantitative estimate of drug-likeness (QED) is 0.590. The lowest BCUT2D eigenvalue weighted by molar-refractivity contribution is 0.0794. The topological polar surface area (TPSA) is 42.9 Å². The van der Waals surface area contributed by atoms with Gasteiger partial charge in [-0.25, -0.2) is 0 Å². The van der Waals surface area contributed by atoms with Crippen molar-refractivity contribution in [1.29, 1.82) is 0 Å². The number of hydrogen-bond donors (Lipinski definition) is 2. The monoisotopic (exact) mass is 351 g/mol. The van der Waals surface area contributed by atoms with Gasteiger partial charge in [0.15, 0.2) is 5.96 Å². The van der Waals surface area contributed by atoms with Crippen molar-refractivity contribution in [2.24, 2.45) is 10.9 Å². The van der Waals surface area contributed by atoms with Gasteiger partial charge < -0.3 is 20.4 Å². The molecule has 1 saturated carbocycles. The molecule has 5 heteroatoms. The second kappa shape index (κ2) is 9.22. The van der Waals surface area contributed by atoms with Crippen molar-refractivity contribution in [3.05, 3.63) is 0 Å². The van der Waals surface area contributed by atoms with Gasteiger partial charge in [-0.3, -0.25) is 4.99 Å². The molecule has 0 aromatic heterocycles. The summed E-state index contributed by atoms with van der Waals surface area (Å²) in [4.78, 5) is 9.50. The summed E-state index contributed by atoms with van der Waals surface area (Å²) in [6.07, 6.45) is 7.67. The van der Waals surface area contributed by atoms with Crippen molar-refractivity contribution in [3.63, 3.8) is 0 Å². The molecule has 2 N–H and O–H groups in total. The average molecular weight is 352 g/mol. The van der Waals surface area contributed by atoms with E-state index >= 15 is 0 Å². The van der Waals surface area contributed by atoms with Crippen molar-refractivity contribution in [3.8, 4) is 0 Å². The van der Waals surface area contributed by atoms with Crippen LogP contribution in [0.4, 0.5) is 0 Å². The Morgan fingerprint density at radius 1 is 1.24 bits per heavy atom. The highest BCUT2D eigenvalue weighted by Crippen LogP contribution is 2.35. The van der Waals surface area contributed by atoms with Crippen molar-refractivity contribution in [1.82, 2.24) is 20.4 Å². The first-order valence-corrected chi connectivity index (χ1v) is 10.2. The van der Waals surface area contributed by atoms with Crippen molar-refractivity contribution < 1.29 is 0 Å². The number of likely N-dealkylation sites (N-methyl/N-ethyl adjacent to an activating group) is 1. The van der Waals surface area contributed by atoms with Crippen LogP contribution in [-0.2, 0) is 0 Å². The SMILES string of the molecule is CN=C(NCC1(N(C)C)CCCC(C)C1)NC1CCN(C(C)C)CC1. The first kappa shape index (κ1) is 20.5. The summed E-state index contributed by atoms with van der Waals surface area (Å²) >= 11 is 0. The molecule has 0 spiro atoms. The Hall–Kier alpha value is -0.810. The molecule has 5 nitrogen and oxygen atoms in total. The van der Waals surface area contributed by atoms with Gasteiger partial charge in [0.25, 0.3) is 0 Å². The minimum Gasteiger partial charge on any atom is -0.355 e. The number of piperidine rings is 1. The van der Waals surface area contributed by atoms with Gasteiger partial charge in [-0.15, -0.1) is 0 Å². The molecule has 2 atom stereocenters. The largest absolute Gasteiger partial charge is 0.355 e. The highest BCUT2D eigenvalue weighted by Gasteiger charge is 2.37. The van der Waals surface area contributed by atoms with Crippen LogP contribution in [0.2, 0.25) is 0 Å². The van der Waals surface area contributed by atoms with Gasteiger partial charge in [0.2, 0.25) is 0 Å². The molecular formula is C20H41N5. The van der Waals surface area contributed by atoms with Crippen LogP contribution in [0.1, 0.15) is 59.3 Å². The fourth-order valence-corrected chi connectivity index (χ4v) is 4.55. The molecule has 0 bridgehead atoms. The molecule has 0 amide bonds. The van der Waals surface area contributed by atoms with E-state index in [0.717, 1.165) is 18.4 Å². The third-order valence-corrected chi connectivity index (χ3v) is 6.43.